The zero-order valence-corrected chi connectivity index (χ0v) is 9.73. The standard InChI is InChI=1S/C12H16N2S/c1-3-7-15-8-6-14-12-5-4-10(2)9-11(12)13/h1,4-5,9,14H,6-8,13H2,2H3. The van der Waals surface area contributed by atoms with Gasteiger partial charge in [-0.3, -0.25) is 0 Å². The van der Waals surface area contributed by atoms with E-state index < -0.39 is 0 Å². The molecule has 0 saturated carbocycles. The maximum atomic E-state index is 5.86. The Morgan fingerprint density at radius 3 is 3.00 bits per heavy atom. The Labute approximate surface area is 95.6 Å². The van der Waals surface area contributed by atoms with E-state index in [1.165, 1.54) is 5.56 Å². The Kier molecular flexibility index (Phi) is 4.92. The van der Waals surface area contributed by atoms with Gasteiger partial charge in [0.15, 0.2) is 0 Å². The molecule has 1 rings (SSSR count). The molecule has 0 fully saturated rings. The lowest BCUT2D eigenvalue weighted by Crippen LogP contribution is -2.06. The third-order valence-corrected chi connectivity index (χ3v) is 2.82. The molecule has 0 aliphatic rings. The molecule has 0 radical (unpaired) electrons. The number of rotatable bonds is 5. The summed E-state index contributed by atoms with van der Waals surface area (Å²) in [6, 6.07) is 6.03. The van der Waals surface area contributed by atoms with Crippen LogP contribution in [-0.2, 0) is 0 Å². The third kappa shape index (κ3) is 4.18. The first-order valence-corrected chi connectivity index (χ1v) is 6.00. The van der Waals surface area contributed by atoms with Gasteiger partial charge in [-0.15, -0.1) is 18.2 Å². The zero-order chi connectivity index (χ0) is 11.1. The normalized spacial score (nSPS) is 9.60. The van der Waals surface area contributed by atoms with Gasteiger partial charge in [0, 0.05) is 12.3 Å². The highest BCUT2D eigenvalue weighted by Gasteiger charge is 1.97. The number of anilines is 2. The highest BCUT2D eigenvalue weighted by atomic mass is 32.2. The minimum Gasteiger partial charge on any atom is -0.397 e. The van der Waals surface area contributed by atoms with E-state index in [9.17, 15) is 0 Å². The molecular weight excluding hydrogens is 204 g/mol. The molecule has 0 atom stereocenters. The fourth-order valence-corrected chi connectivity index (χ4v) is 1.74. The van der Waals surface area contributed by atoms with Crippen LogP contribution < -0.4 is 11.1 Å². The lowest BCUT2D eigenvalue weighted by Gasteiger charge is -2.09. The predicted octanol–water partition coefficient (Wildman–Crippen LogP) is 2.36. The topological polar surface area (TPSA) is 38.0 Å². The number of hydrogen-bond donors (Lipinski definition) is 2. The molecule has 0 unspecified atom stereocenters. The van der Waals surface area contributed by atoms with Crippen molar-refractivity contribution >= 4 is 23.1 Å². The van der Waals surface area contributed by atoms with Gasteiger partial charge in [-0.25, -0.2) is 0 Å². The van der Waals surface area contributed by atoms with Crippen molar-refractivity contribution in [3.63, 3.8) is 0 Å². The van der Waals surface area contributed by atoms with Crippen molar-refractivity contribution in [1.82, 2.24) is 0 Å². The second-order valence-corrected chi connectivity index (χ2v) is 4.38. The fraction of sp³-hybridized carbons (Fsp3) is 0.333. The van der Waals surface area contributed by atoms with E-state index in [-0.39, 0.29) is 0 Å². The highest BCUT2D eigenvalue weighted by molar-refractivity contribution is 7.99. The number of benzene rings is 1. The van der Waals surface area contributed by atoms with Crippen LogP contribution in [0.1, 0.15) is 5.56 Å². The van der Waals surface area contributed by atoms with E-state index in [1.54, 1.807) is 11.8 Å². The van der Waals surface area contributed by atoms with E-state index in [1.807, 2.05) is 25.1 Å². The van der Waals surface area contributed by atoms with Crippen LogP contribution in [0.25, 0.3) is 0 Å². The summed E-state index contributed by atoms with van der Waals surface area (Å²) in [5, 5.41) is 3.28. The Morgan fingerprint density at radius 1 is 1.53 bits per heavy atom. The first kappa shape index (κ1) is 11.8. The number of thioether (sulfide) groups is 1. The lowest BCUT2D eigenvalue weighted by atomic mass is 10.2. The second kappa shape index (κ2) is 6.26. The summed E-state index contributed by atoms with van der Waals surface area (Å²) in [5.41, 5.74) is 8.85. The molecule has 3 heteroatoms. The molecule has 2 nitrogen and oxygen atoms in total. The van der Waals surface area contributed by atoms with Gasteiger partial charge < -0.3 is 11.1 Å². The van der Waals surface area contributed by atoms with E-state index >= 15 is 0 Å². The van der Waals surface area contributed by atoms with Crippen molar-refractivity contribution in [3.05, 3.63) is 23.8 Å². The van der Waals surface area contributed by atoms with Gasteiger partial charge in [0.1, 0.15) is 0 Å². The molecule has 80 valence electrons. The van der Waals surface area contributed by atoms with E-state index in [2.05, 4.69) is 11.2 Å². The Balaban J connectivity index is 2.35. The molecule has 0 aliphatic carbocycles. The van der Waals surface area contributed by atoms with Crippen LogP contribution in [0.15, 0.2) is 18.2 Å². The van der Waals surface area contributed by atoms with Gasteiger partial charge in [-0.05, 0) is 24.6 Å². The van der Waals surface area contributed by atoms with Crippen LogP contribution in [0.5, 0.6) is 0 Å². The van der Waals surface area contributed by atoms with Gasteiger partial charge in [-0.1, -0.05) is 12.0 Å². The minimum absolute atomic E-state index is 0.769. The van der Waals surface area contributed by atoms with E-state index in [4.69, 9.17) is 12.2 Å². The predicted molar refractivity (Wildman–Crippen MR) is 70.2 cm³/mol. The second-order valence-electron chi connectivity index (χ2n) is 3.27. The zero-order valence-electron chi connectivity index (χ0n) is 8.92. The molecule has 1 aromatic rings. The number of hydrogen-bond acceptors (Lipinski definition) is 3. The fourth-order valence-electron chi connectivity index (χ4n) is 1.23. The SMILES string of the molecule is C#CCSCCNc1ccc(C)cc1N. The summed E-state index contributed by atoms with van der Waals surface area (Å²) in [6.07, 6.45) is 5.15. The van der Waals surface area contributed by atoms with Crippen LogP contribution in [0.3, 0.4) is 0 Å². The van der Waals surface area contributed by atoms with Gasteiger partial charge in [-0.2, -0.15) is 0 Å². The molecule has 0 aromatic heterocycles. The summed E-state index contributed by atoms with van der Waals surface area (Å²) >= 11 is 1.74. The maximum absolute atomic E-state index is 5.86. The largest absolute Gasteiger partial charge is 0.397 e. The van der Waals surface area contributed by atoms with E-state index in [0.717, 1.165) is 29.4 Å². The molecule has 0 spiro atoms. The Hall–Kier alpha value is -1.27. The monoisotopic (exact) mass is 220 g/mol. The van der Waals surface area contributed by atoms with E-state index in [0.29, 0.717) is 0 Å². The minimum atomic E-state index is 0.769. The smallest absolute Gasteiger partial charge is 0.0574 e. The lowest BCUT2D eigenvalue weighted by molar-refractivity contribution is 1.23. The number of nitrogens with one attached hydrogen (secondary N) is 1. The number of nitrogen functional groups attached to an aromatic ring is 1. The Morgan fingerprint density at radius 2 is 2.33 bits per heavy atom. The third-order valence-electron chi connectivity index (χ3n) is 1.95. The molecule has 0 bridgehead atoms. The Bertz CT molecular complexity index is 355. The molecule has 0 amide bonds. The average molecular weight is 220 g/mol. The van der Waals surface area contributed by atoms with Gasteiger partial charge in [0.2, 0.25) is 0 Å². The molecular formula is C12H16N2S. The number of aryl methyl sites for hydroxylation is 1. The van der Waals surface area contributed by atoms with Crippen molar-refractivity contribution in [1.29, 1.82) is 0 Å². The molecule has 0 heterocycles. The van der Waals surface area contributed by atoms with Crippen molar-refractivity contribution in [2.75, 3.05) is 29.1 Å². The quantitative estimate of drug-likeness (QED) is 0.454. The highest BCUT2D eigenvalue weighted by Crippen LogP contribution is 2.19. The van der Waals surface area contributed by atoms with Crippen LogP contribution >= 0.6 is 11.8 Å². The van der Waals surface area contributed by atoms with Crippen molar-refractivity contribution in [2.24, 2.45) is 0 Å². The summed E-state index contributed by atoms with van der Waals surface area (Å²) in [5.74, 6) is 4.36. The van der Waals surface area contributed by atoms with Crippen LogP contribution in [0.2, 0.25) is 0 Å². The van der Waals surface area contributed by atoms with Crippen molar-refractivity contribution in [3.8, 4) is 12.3 Å². The van der Waals surface area contributed by atoms with Crippen LogP contribution in [-0.4, -0.2) is 18.1 Å². The van der Waals surface area contributed by atoms with Crippen LogP contribution in [0, 0.1) is 19.3 Å². The number of nitrogens with two attached hydrogens (primary N) is 1. The molecule has 0 saturated heterocycles. The first-order chi connectivity index (χ1) is 7.24. The molecule has 1 aromatic carbocycles. The number of terminal acetylenes is 1. The van der Waals surface area contributed by atoms with Crippen molar-refractivity contribution < 1.29 is 0 Å². The maximum Gasteiger partial charge on any atom is 0.0574 e. The summed E-state index contributed by atoms with van der Waals surface area (Å²) in [7, 11) is 0. The van der Waals surface area contributed by atoms with Crippen molar-refractivity contribution in [2.45, 2.75) is 6.92 Å². The van der Waals surface area contributed by atoms with Gasteiger partial charge >= 0.3 is 0 Å². The summed E-state index contributed by atoms with van der Waals surface area (Å²) in [6.45, 7) is 2.92. The summed E-state index contributed by atoms with van der Waals surface area (Å²) in [4.78, 5) is 0. The molecule has 15 heavy (non-hydrogen) atoms. The van der Waals surface area contributed by atoms with Crippen LogP contribution in [0.4, 0.5) is 11.4 Å². The first-order valence-electron chi connectivity index (χ1n) is 4.85. The molecule has 3 N–H and O–H groups in total. The van der Waals surface area contributed by atoms with Gasteiger partial charge in [0.05, 0.1) is 17.1 Å². The summed E-state index contributed by atoms with van der Waals surface area (Å²) < 4.78 is 0. The average Bonchev–Trinajstić information content (AvgIpc) is 2.20. The molecule has 0 aliphatic heterocycles. The van der Waals surface area contributed by atoms with Gasteiger partial charge in [0.25, 0.3) is 0 Å².